The average Bonchev–Trinajstić information content (AvgIpc) is 2.38. The average molecular weight is 266 g/mol. The molecular formula is C15H23FN2O. The number of benzene rings is 1. The Hall–Kier alpha value is -1.42. The van der Waals surface area contributed by atoms with E-state index in [4.69, 9.17) is 0 Å². The summed E-state index contributed by atoms with van der Waals surface area (Å²) < 4.78 is 12.8. The second-order valence-electron chi connectivity index (χ2n) is 4.98. The van der Waals surface area contributed by atoms with Crippen LogP contribution in [0.25, 0.3) is 0 Å². The van der Waals surface area contributed by atoms with Gasteiger partial charge in [0.05, 0.1) is 6.04 Å². The van der Waals surface area contributed by atoms with E-state index in [1.807, 2.05) is 27.7 Å². The molecule has 1 rings (SSSR count). The lowest BCUT2D eigenvalue weighted by atomic mass is 10.1. The largest absolute Gasteiger partial charge is 0.352 e. The molecule has 106 valence electrons. The number of rotatable bonds is 6. The molecule has 1 aromatic carbocycles. The summed E-state index contributed by atoms with van der Waals surface area (Å²) >= 11 is 0. The van der Waals surface area contributed by atoms with E-state index in [-0.39, 0.29) is 29.8 Å². The van der Waals surface area contributed by atoms with Crippen molar-refractivity contribution in [1.29, 1.82) is 0 Å². The molecular weight excluding hydrogens is 243 g/mol. The molecule has 3 nitrogen and oxygen atoms in total. The number of carbonyl (C=O) groups is 1. The molecule has 1 amide bonds. The van der Waals surface area contributed by atoms with Gasteiger partial charge in [-0.1, -0.05) is 19.1 Å². The van der Waals surface area contributed by atoms with E-state index in [1.54, 1.807) is 12.1 Å². The van der Waals surface area contributed by atoms with Gasteiger partial charge < -0.3 is 5.32 Å². The van der Waals surface area contributed by atoms with Crippen LogP contribution >= 0.6 is 0 Å². The van der Waals surface area contributed by atoms with Crippen molar-refractivity contribution in [2.45, 2.75) is 52.2 Å². The Morgan fingerprint density at radius 2 is 1.79 bits per heavy atom. The fourth-order valence-corrected chi connectivity index (χ4v) is 1.77. The molecule has 0 spiro atoms. The fraction of sp³-hybridized carbons (Fsp3) is 0.533. The molecule has 2 unspecified atom stereocenters. The van der Waals surface area contributed by atoms with Crippen LogP contribution in [0.1, 0.15) is 45.7 Å². The van der Waals surface area contributed by atoms with Crippen LogP contribution in [0.5, 0.6) is 0 Å². The summed E-state index contributed by atoms with van der Waals surface area (Å²) in [5, 5.41) is 6.14. The van der Waals surface area contributed by atoms with Crippen molar-refractivity contribution in [3.05, 3.63) is 35.6 Å². The van der Waals surface area contributed by atoms with Crippen LogP contribution in [0.2, 0.25) is 0 Å². The third kappa shape index (κ3) is 4.99. The van der Waals surface area contributed by atoms with E-state index in [1.165, 1.54) is 12.1 Å². The van der Waals surface area contributed by atoms with Gasteiger partial charge in [-0.05, 0) is 44.9 Å². The molecule has 19 heavy (non-hydrogen) atoms. The lowest BCUT2D eigenvalue weighted by Crippen LogP contribution is -2.45. The zero-order valence-electron chi connectivity index (χ0n) is 12.0. The van der Waals surface area contributed by atoms with Crippen molar-refractivity contribution in [2.75, 3.05) is 0 Å². The monoisotopic (exact) mass is 266 g/mol. The van der Waals surface area contributed by atoms with Crippen LogP contribution in [0.4, 0.5) is 4.39 Å². The van der Waals surface area contributed by atoms with Gasteiger partial charge in [-0.2, -0.15) is 0 Å². The summed E-state index contributed by atoms with van der Waals surface area (Å²) in [5.74, 6) is -0.262. The van der Waals surface area contributed by atoms with Crippen molar-refractivity contribution >= 4 is 5.91 Å². The molecule has 0 bridgehead atoms. The SMILES string of the molecule is CCC(C)NC(=O)C(C)N[C@@H](C)c1ccc(F)cc1. The summed E-state index contributed by atoms with van der Waals surface area (Å²) in [7, 11) is 0. The third-order valence-electron chi connectivity index (χ3n) is 3.26. The molecule has 0 aromatic heterocycles. The normalized spacial score (nSPS) is 15.6. The molecule has 0 heterocycles. The molecule has 0 aliphatic heterocycles. The van der Waals surface area contributed by atoms with Crippen LogP contribution in [0.3, 0.4) is 0 Å². The molecule has 4 heteroatoms. The maximum absolute atomic E-state index is 12.8. The lowest BCUT2D eigenvalue weighted by molar-refractivity contribution is -0.123. The summed E-state index contributed by atoms with van der Waals surface area (Å²) in [5.41, 5.74) is 0.963. The minimum Gasteiger partial charge on any atom is -0.352 e. The quantitative estimate of drug-likeness (QED) is 0.831. The highest BCUT2D eigenvalue weighted by Crippen LogP contribution is 2.13. The van der Waals surface area contributed by atoms with Crippen LogP contribution in [-0.2, 0) is 4.79 Å². The number of amides is 1. The Bertz CT molecular complexity index is 405. The highest BCUT2D eigenvalue weighted by atomic mass is 19.1. The molecule has 0 fully saturated rings. The molecule has 0 saturated carbocycles. The number of nitrogens with one attached hydrogen (secondary N) is 2. The highest BCUT2D eigenvalue weighted by Gasteiger charge is 2.17. The molecule has 0 saturated heterocycles. The Morgan fingerprint density at radius 3 is 2.32 bits per heavy atom. The van der Waals surface area contributed by atoms with Crippen LogP contribution < -0.4 is 10.6 Å². The summed E-state index contributed by atoms with van der Waals surface area (Å²) in [4.78, 5) is 11.9. The minimum absolute atomic E-state index is 0.00159. The van der Waals surface area contributed by atoms with Crippen LogP contribution in [-0.4, -0.2) is 18.0 Å². The van der Waals surface area contributed by atoms with Crippen LogP contribution in [0, 0.1) is 5.82 Å². The zero-order valence-corrected chi connectivity index (χ0v) is 12.0. The maximum Gasteiger partial charge on any atom is 0.237 e. The predicted molar refractivity (Wildman–Crippen MR) is 75.3 cm³/mol. The molecule has 0 radical (unpaired) electrons. The van der Waals surface area contributed by atoms with Gasteiger partial charge in [0.2, 0.25) is 5.91 Å². The second-order valence-corrected chi connectivity index (χ2v) is 4.98. The van der Waals surface area contributed by atoms with Crippen molar-refractivity contribution in [3.63, 3.8) is 0 Å². The van der Waals surface area contributed by atoms with Gasteiger partial charge in [0.25, 0.3) is 0 Å². The lowest BCUT2D eigenvalue weighted by Gasteiger charge is -2.21. The van der Waals surface area contributed by atoms with Crippen molar-refractivity contribution < 1.29 is 9.18 Å². The fourth-order valence-electron chi connectivity index (χ4n) is 1.77. The number of halogens is 1. The summed E-state index contributed by atoms with van der Waals surface area (Å²) in [6, 6.07) is 6.21. The molecule has 2 N–H and O–H groups in total. The Labute approximate surface area is 114 Å². The summed E-state index contributed by atoms with van der Waals surface area (Å²) in [6.07, 6.45) is 0.909. The predicted octanol–water partition coefficient (Wildman–Crippen LogP) is 2.78. The minimum atomic E-state index is -0.283. The van der Waals surface area contributed by atoms with E-state index < -0.39 is 0 Å². The van der Waals surface area contributed by atoms with Gasteiger partial charge in [0.15, 0.2) is 0 Å². The van der Waals surface area contributed by atoms with E-state index in [0.29, 0.717) is 0 Å². The second kappa shape index (κ2) is 7.24. The van der Waals surface area contributed by atoms with Crippen LogP contribution in [0.15, 0.2) is 24.3 Å². The van der Waals surface area contributed by atoms with Crippen molar-refractivity contribution in [3.8, 4) is 0 Å². The van der Waals surface area contributed by atoms with Crippen molar-refractivity contribution in [2.24, 2.45) is 0 Å². The van der Waals surface area contributed by atoms with Gasteiger partial charge in [0, 0.05) is 12.1 Å². The molecule has 3 atom stereocenters. The van der Waals surface area contributed by atoms with Gasteiger partial charge in [-0.3, -0.25) is 10.1 Å². The summed E-state index contributed by atoms with van der Waals surface area (Å²) in [6.45, 7) is 7.80. The van der Waals surface area contributed by atoms with Crippen molar-refractivity contribution in [1.82, 2.24) is 10.6 Å². The first kappa shape index (κ1) is 15.6. The Balaban J connectivity index is 2.53. The first-order valence-electron chi connectivity index (χ1n) is 6.76. The first-order valence-corrected chi connectivity index (χ1v) is 6.76. The third-order valence-corrected chi connectivity index (χ3v) is 3.26. The number of hydrogen-bond acceptors (Lipinski definition) is 2. The van der Waals surface area contributed by atoms with E-state index >= 15 is 0 Å². The number of carbonyl (C=O) groups excluding carboxylic acids is 1. The highest BCUT2D eigenvalue weighted by molar-refractivity contribution is 5.81. The zero-order chi connectivity index (χ0) is 14.4. The topological polar surface area (TPSA) is 41.1 Å². The number of hydrogen-bond donors (Lipinski definition) is 2. The van der Waals surface area contributed by atoms with Gasteiger partial charge in [-0.15, -0.1) is 0 Å². The smallest absolute Gasteiger partial charge is 0.237 e. The van der Waals surface area contributed by atoms with E-state index in [9.17, 15) is 9.18 Å². The Morgan fingerprint density at radius 1 is 1.21 bits per heavy atom. The Kier molecular flexibility index (Phi) is 5.96. The van der Waals surface area contributed by atoms with Gasteiger partial charge in [-0.25, -0.2) is 4.39 Å². The molecule has 0 aliphatic carbocycles. The molecule has 1 aromatic rings. The van der Waals surface area contributed by atoms with Gasteiger partial charge >= 0.3 is 0 Å². The van der Waals surface area contributed by atoms with E-state index in [2.05, 4.69) is 10.6 Å². The van der Waals surface area contributed by atoms with E-state index in [0.717, 1.165) is 12.0 Å². The maximum atomic E-state index is 12.8. The molecule has 0 aliphatic rings. The standard InChI is InChI=1S/C15H23FN2O/c1-5-10(2)17-15(19)12(4)18-11(3)13-6-8-14(16)9-7-13/h6-12,18H,5H2,1-4H3,(H,17,19)/t10?,11-,12?/m0/s1. The van der Waals surface area contributed by atoms with Gasteiger partial charge in [0.1, 0.15) is 5.82 Å². The first-order chi connectivity index (χ1) is 8.93.